The van der Waals surface area contributed by atoms with E-state index in [4.69, 9.17) is 0 Å². The smallest absolute Gasteiger partial charge is 0.370 e. The molecule has 1 amide bonds. The number of rotatable bonds is 10. The van der Waals surface area contributed by atoms with Crippen LogP contribution in [0.25, 0.3) is 0 Å². The van der Waals surface area contributed by atoms with Crippen molar-refractivity contribution in [2.75, 3.05) is 47.9 Å². The first-order valence-corrected chi connectivity index (χ1v) is 15.6. The highest BCUT2D eigenvalue weighted by Gasteiger charge is 2.32. The van der Waals surface area contributed by atoms with E-state index in [9.17, 15) is 22.2 Å². The van der Waals surface area contributed by atoms with Gasteiger partial charge in [-0.15, -0.1) is 11.8 Å². The second-order valence-corrected chi connectivity index (χ2v) is 12.5. The Hall–Kier alpha value is -2.37. The molecule has 2 aliphatic heterocycles. The summed E-state index contributed by atoms with van der Waals surface area (Å²) in [5.74, 6) is 1.46. The number of carbonyl (C=O) groups excluding carboxylic acids is 1. The van der Waals surface area contributed by atoms with Crippen molar-refractivity contribution in [2.24, 2.45) is 5.92 Å². The number of carbonyl (C=O) groups is 1. The van der Waals surface area contributed by atoms with E-state index in [2.05, 4.69) is 10.3 Å². The molecule has 1 aromatic heterocycles. The second-order valence-electron chi connectivity index (χ2n) is 9.98. The Labute approximate surface area is 235 Å². The van der Waals surface area contributed by atoms with Crippen LogP contribution in [0.15, 0.2) is 53.6 Å². The standard InChI is InChI=1S/C28H35F3N4O2S2/c1-21(27(36)33-25-18-23(28(29,30)31)7-8-26(25)34-13-4-5-14-34)19-38-20-22-9-15-35(16-10-22)39(37)17-11-24-6-2-3-12-32-24/h2-3,6-8,12,18-19,22H,4-5,9-11,13-17,20H2,1H3,(H,33,36)/b21-19+. The third kappa shape index (κ3) is 8.56. The van der Waals surface area contributed by atoms with Crippen molar-refractivity contribution in [1.29, 1.82) is 0 Å². The maximum absolute atomic E-state index is 13.3. The second kappa shape index (κ2) is 13.8. The number of hydrogen-bond donors (Lipinski definition) is 1. The number of thioether (sulfide) groups is 1. The van der Waals surface area contributed by atoms with E-state index in [1.165, 1.54) is 6.07 Å². The molecule has 0 aliphatic carbocycles. The van der Waals surface area contributed by atoms with Crippen molar-refractivity contribution in [3.63, 3.8) is 0 Å². The Morgan fingerprint density at radius 2 is 1.90 bits per heavy atom. The van der Waals surface area contributed by atoms with Gasteiger partial charge in [0.15, 0.2) is 0 Å². The highest BCUT2D eigenvalue weighted by atomic mass is 32.2. The van der Waals surface area contributed by atoms with Crippen LogP contribution in [0.1, 0.15) is 43.9 Å². The zero-order valence-electron chi connectivity index (χ0n) is 22.1. The Balaban J connectivity index is 1.25. The number of nitrogens with zero attached hydrogens (tertiary/aromatic N) is 3. The average molecular weight is 581 g/mol. The lowest BCUT2D eigenvalue weighted by molar-refractivity contribution is -0.137. The van der Waals surface area contributed by atoms with E-state index in [-0.39, 0.29) is 5.69 Å². The summed E-state index contributed by atoms with van der Waals surface area (Å²) in [6.45, 7) is 4.75. The lowest BCUT2D eigenvalue weighted by atomic mass is 10.0. The number of anilines is 2. The molecule has 0 spiro atoms. The molecule has 2 aliphatic rings. The molecule has 0 bridgehead atoms. The molecule has 2 saturated heterocycles. The van der Waals surface area contributed by atoms with Gasteiger partial charge in [-0.3, -0.25) is 9.78 Å². The van der Waals surface area contributed by atoms with Crippen LogP contribution in [-0.4, -0.2) is 57.1 Å². The quantitative estimate of drug-likeness (QED) is 0.355. The first-order chi connectivity index (χ1) is 18.7. The van der Waals surface area contributed by atoms with Gasteiger partial charge in [0.2, 0.25) is 0 Å². The van der Waals surface area contributed by atoms with E-state index < -0.39 is 28.6 Å². The predicted octanol–water partition coefficient (Wildman–Crippen LogP) is 5.89. The summed E-state index contributed by atoms with van der Waals surface area (Å²) in [6, 6.07) is 9.31. The highest BCUT2D eigenvalue weighted by Crippen LogP contribution is 2.37. The minimum absolute atomic E-state index is 0.192. The largest absolute Gasteiger partial charge is 0.416 e. The number of halogens is 3. The summed E-state index contributed by atoms with van der Waals surface area (Å²) in [6.07, 6.45) is 1.78. The molecule has 2 fully saturated rings. The molecule has 39 heavy (non-hydrogen) atoms. The Morgan fingerprint density at radius 3 is 2.56 bits per heavy atom. The van der Waals surface area contributed by atoms with Gasteiger partial charge in [-0.05, 0) is 74.3 Å². The van der Waals surface area contributed by atoms with Crippen LogP contribution < -0.4 is 10.2 Å². The minimum atomic E-state index is -4.48. The number of hydrogen-bond acceptors (Lipinski definition) is 5. The molecule has 1 atom stereocenters. The molecule has 1 aromatic carbocycles. The Morgan fingerprint density at radius 1 is 1.15 bits per heavy atom. The molecule has 212 valence electrons. The average Bonchev–Trinajstić information content (AvgIpc) is 3.47. The maximum atomic E-state index is 13.3. The zero-order valence-corrected chi connectivity index (χ0v) is 23.7. The first-order valence-electron chi connectivity index (χ1n) is 13.3. The molecule has 0 saturated carbocycles. The van der Waals surface area contributed by atoms with Crippen LogP contribution in [0.2, 0.25) is 0 Å². The van der Waals surface area contributed by atoms with E-state index in [0.717, 1.165) is 75.4 Å². The maximum Gasteiger partial charge on any atom is 0.416 e. The molecular formula is C28H35F3N4O2S2. The Kier molecular flexibility index (Phi) is 10.5. The highest BCUT2D eigenvalue weighted by molar-refractivity contribution is 8.02. The van der Waals surface area contributed by atoms with Crippen LogP contribution >= 0.6 is 11.8 Å². The van der Waals surface area contributed by atoms with E-state index in [0.29, 0.717) is 29.4 Å². The van der Waals surface area contributed by atoms with Crippen LogP contribution in [-0.2, 0) is 28.4 Å². The summed E-state index contributed by atoms with van der Waals surface area (Å²) < 4.78 is 54.7. The van der Waals surface area contributed by atoms with Crippen LogP contribution in [0.5, 0.6) is 0 Å². The topological polar surface area (TPSA) is 65.5 Å². The summed E-state index contributed by atoms with van der Waals surface area (Å²) >= 11 is 1.54. The van der Waals surface area contributed by atoms with Crippen molar-refractivity contribution in [2.45, 2.75) is 45.2 Å². The van der Waals surface area contributed by atoms with Gasteiger partial charge in [-0.2, -0.15) is 13.2 Å². The summed E-state index contributed by atoms with van der Waals surface area (Å²) in [7, 11) is -1.02. The van der Waals surface area contributed by atoms with Crippen LogP contribution in [0.3, 0.4) is 0 Å². The lowest BCUT2D eigenvalue weighted by Gasteiger charge is -2.30. The SMILES string of the molecule is C/C(=C\SCC1CCN(S(=O)CCc2ccccn2)CC1)C(=O)Nc1cc(C(F)(F)F)ccc1N1CCCC1. The van der Waals surface area contributed by atoms with Crippen molar-refractivity contribution >= 4 is 40.0 Å². The fraction of sp³-hybridized carbons (Fsp3) is 0.500. The molecular weight excluding hydrogens is 545 g/mol. The number of nitrogens with one attached hydrogen (secondary N) is 1. The van der Waals surface area contributed by atoms with E-state index in [1.54, 1.807) is 30.3 Å². The molecule has 1 N–H and O–H groups in total. The van der Waals surface area contributed by atoms with E-state index >= 15 is 0 Å². The molecule has 4 rings (SSSR count). The van der Waals surface area contributed by atoms with Crippen LogP contribution in [0, 0.1) is 5.92 Å². The van der Waals surface area contributed by atoms with Gasteiger partial charge in [0.1, 0.15) is 0 Å². The molecule has 11 heteroatoms. The number of aromatic nitrogens is 1. The van der Waals surface area contributed by atoms with Crippen LogP contribution in [0.4, 0.5) is 24.5 Å². The van der Waals surface area contributed by atoms with Crippen molar-refractivity contribution < 1.29 is 22.2 Å². The fourth-order valence-corrected chi connectivity index (χ4v) is 7.10. The molecule has 0 radical (unpaired) electrons. The van der Waals surface area contributed by atoms with Gasteiger partial charge >= 0.3 is 6.18 Å². The number of amides is 1. The molecule has 3 heterocycles. The van der Waals surface area contributed by atoms with Gasteiger partial charge in [0.05, 0.1) is 27.9 Å². The van der Waals surface area contributed by atoms with Crippen molar-refractivity contribution in [3.8, 4) is 0 Å². The molecule has 6 nitrogen and oxygen atoms in total. The predicted molar refractivity (Wildman–Crippen MR) is 153 cm³/mol. The monoisotopic (exact) mass is 580 g/mol. The number of piperidine rings is 1. The van der Waals surface area contributed by atoms with Crippen molar-refractivity contribution in [1.82, 2.24) is 9.29 Å². The number of benzene rings is 1. The van der Waals surface area contributed by atoms with E-state index in [1.807, 2.05) is 27.4 Å². The zero-order chi connectivity index (χ0) is 27.8. The summed E-state index contributed by atoms with van der Waals surface area (Å²) in [5, 5.41) is 4.51. The number of aryl methyl sites for hydroxylation is 1. The van der Waals surface area contributed by atoms with Crippen molar-refractivity contribution in [3.05, 3.63) is 64.8 Å². The normalized spacial score (nSPS) is 18.4. The van der Waals surface area contributed by atoms with Gasteiger partial charge in [-0.1, -0.05) is 6.07 Å². The van der Waals surface area contributed by atoms with Gasteiger partial charge in [0.25, 0.3) is 5.91 Å². The molecule has 1 unspecified atom stereocenters. The fourth-order valence-electron chi connectivity index (χ4n) is 4.78. The summed E-state index contributed by atoms with van der Waals surface area (Å²) in [4.78, 5) is 19.2. The first kappa shape index (κ1) is 29.6. The van der Waals surface area contributed by atoms with Gasteiger partial charge < -0.3 is 10.2 Å². The molecule has 2 aromatic rings. The minimum Gasteiger partial charge on any atom is -0.370 e. The number of alkyl halides is 3. The third-order valence-corrected chi connectivity index (χ3v) is 9.77. The van der Waals surface area contributed by atoms with Gasteiger partial charge in [0, 0.05) is 61.6 Å². The lowest BCUT2D eigenvalue weighted by Crippen LogP contribution is -2.37. The Bertz CT molecular complexity index is 1160. The third-order valence-electron chi connectivity index (χ3n) is 7.09. The van der Waals surface area contributed by atoms with Gasteiger partial charge in [-0.25, -0.2) is 8.51 Å². The summed E-state index contributed by atoms with van der Waals surface area (Å²) in [5.41, 5.74) is 1.44. The number of pyridine rings is 1.